The number of carbonyl (C=O) groups is 1. The van der Waals surface area contributed by atoms with E-state index in [-0.39, 0.29) is 12.0 Å². The van der Waals surface area contributed by atoms with Crippen molar-refractivity contribution in [1.29, 1.82) is 0 Å². The van der Waals surface area contributed by atoms with Crippen molar-refractivity contribution in [1.82, 2.24) is 5.48 Å². The van der Waals surface area contributed by atoms with Gasteiger partial charge in [0.15, 0.2) is 0 Å². The van der Waals surface area contributed by atoms with Crippen LogP contribution in [0.4, 0.5) is 0 Å². The van der Waals surface area contributed by atoms with Gasteiger partial charge in [0, 0.05) is 0 Å². The molecule has 1 amide bonds. The van der Waals surface area contributed by atoms with E-state index in [0.29, 0.717) is 0 Å². The van der Waals surface area contributed by atoms with Crippen LogP contribution in [0.1, 0.15) is 45.1 Å². The second-order valence-corrected chi connectivity index (χ2v) is 5.45. The summed E-state index contributed by atoms with van der Waals surface area (Å²) in [6.45, 7) is 3.82. The fourth-order valence-electron chi connectivity index (χ4n) is 2.26. The summed E-state index contributed by atoms with van der Waals surface area (Å²) in [5.74, 6) is -0.0828. The first-order valence-corrected chi connectivity index (χ1v) is 6.62. The van der Waals surface area contributed by atoms with Gasteiger partial charge in [-0.15, -0.1) is 0 Å². The zero-order chi connectivity index (χ0) is 13.0. The lowest BCUT2D eigenvalue weighted by molar-refractivity contribution is -0.143. The van der Waals surface area contributed by atoms with Crippen LogP contribution in [0.5, 0.6) is 0 Å². The molecule has 0 radical (unpaired) electrons. The van der Waals surface area contributed by atoms with Crippen LogP contribution in [0, 0.1) is 0 Å². The second-order valence-electron chi connectivity index (χ2n) is 5.45. The maximum atomic E-state index is 12.2. The Labute approximate surface area is 108 Å². The highest BCUT2D eigenvalue weighted by Gasteiger charge is 2.30. The maximum absolute atomic E-state index is 12.2. The Morgan fingerprint density at radius 2 is 1.83 bits per heavy atom. The van der Waals surface area contributed by atoms with Crippen molar-refractivity contribution in [2.75, 3.05) is 0 Å². The standard InChI is InChI=1S/C15H21NO2/c1-15(2,12-8-4-3-5-9-12)14(17)16-18-13-10-6-7-11-13/h3-5,8-9,13H,6-7,10-11H2,1-2H3,(H,16,17). The molecule has 1 aromatic carbocycles. The highest BCUT2D eigenvalue weighted by molar-refractivity contribution is 5.86. The van der Waals surface area contributed by atoms with Crippen LogP contribution >= 0.6 is 0 Å². The largest absolute Gasteiger partial charge is 0.272 e. The van der Waals surface area contributed by atoms with Crippen LogP contribution in [0.25, 0.3) is 0 Å². The minimum absolute atomic E-state index is 0.0828. The summed E-state index contributed by atoms with van der Waals surface area (Å²) < 4.78 is 0. The van der Waals surface area contributed by atoms with Gasteiger partial charge < -0.3 is 0 Å². The lowest BCUT2D eigenvalue weighted by atomic mass is 9.84. The van der Waals surface area contributed by atoms with Gasteiger partial charge in [-0.25, -0.2) is 5.48 Å². The number of hydrogen-bond acceptors (Lipinski definition) is 2. The molecule has 0 atom stereocenters. The molecule has 98 valence electrons. The molecule has 1 aliphatic rings. The molecule has 1 saturated carbocycles. The molecule has 0 unspecified atom stereocenters. The van der Waals surface area contributed by atoms with E-state index in [2.05, 4.69) is 5.48 Å². The molecular weight excluding hydrogens is 226 g/mol. The SMILES string of the molecule is CC(C)(C(=O)NOC1CCCC1)c1ccccc1. The van der Waals surface area contributed by atoms with Gasteiger partial charge in [-0.3, -0.25) is 9.63 Å². The maximum Gasteiger partial charge on any atom is 0.253 e. The van der Waals surface area contributed by atoms with Gasteiger partial charge >= 0.3 is 0 Å². The third kappa shape index (κ3) is 2.91. The summed E-state index contributed by atoms with van der Waals surface area (Å²) >= 11 is 0. The summed E-state index contributed by atoms with van der Waals surface area (Å²) in [6.07, 6.45) is 4.68. The average molecular weight is 247 g/mol. The molecule has 1 N–H and O–H groups in total. The van der Waals surface area contributed by atoms with E-state index < -0.39 is 5.41 Å². The third-order valence-electron chi connectivity index (χ3n) is 3.68. The molecule has 0 heterocycles. The average Bonchev–Trinajstić information content (AvgIpc) is 2.90. The van der Waals surface area contributed by atoms with Gasteiger partial charge in [-0.2, -0.15) is 0 Å². The monoisotopic (exact) mass is 247 g/mol. The summed E-state index contributed by atoms with van der Waals surface area (Å²) in [6, 6.07) is 9.78. The van der Waals surface area contributed by atoms with Gasteiger partial charge in [-0.1, -0.05) is 43.2 Å². The van der Waals surface area contributed by atoms with E-state index in [4.69, 9.17) is 4.84 Å². The number of hydroxylamine groups is 1. The van der Waals surface area contributed by atoms with Crippen molar-refractivity contribution in [3.8, 4) is 0 Å². The Bertz CT molecular complexity index is 394. The smallest absolute Gasteiger partial charge is 0.253 e. The topological polar surface area (TPSA) is 38.3 Å². The normalized spacial score (nSPS) is 16.8. The Hall–Kier alpha value is -1.35. The first kappa shape index (κ1) is 13.1. The van der Waals surface area contributed by atoms with Crippen molar-refractivity contribution in [2.24, 2.45) is 0 Å². The van der Waals surface area contributed by atoms with Crippen LogP contribution in [-0.2, 0) is 15.0 Å². The van der Waals surface area contributed by atoms with Crippen molar-refractivity contribution >= 4 is 5.91 Å². The van der Waals surface area contributed by atoms with Gasteiger partial charge in [-0.05, 0) is 32.3 Å². The molecule has 0 spiro atoms. The Morgan fingerprint density at radius 3 is 2.44 bits per heavy atom. The van der Waals surface area contributed by atoms with Crippen molar-refractivity contribution in [3.05, 3.63) is 35.9 Å². The van der Waals surface area contributed by atoms with Crippen LogP contribution in [0.2, 0.25) is 0 Å². The lowest BCUT2D eigenvalue weighted by Crippen LogP contribution is -2.41. The third-order valence-corrected chi connectivity index (χ3v) is 3.68. The molecule has 1 aliphatic carbocycles. The zero-order valence-corrected chi connectivity index (χ0v) is 11.1. The number of hydrogen-bond donors (Lipinski definition) is 1. The minimum atomic E-state index is -0.570. The number of nitrogens with one attached hydrogen (secondary N) is 1. The van der Waals surface area contributed by atoms with Crippen LogP contribution in [0.15, 0.2) is 30.3 Å². The summed E-state index contributed by atoms with van der Waals surface area (Å²) in [7, 11) is 0. The summed E-state index contributed by atoms with van der Waals surface area (Å²) in [5, 5.41) is 0. The molecule has 0 aromatic heterocycles. The lowest BCUT2D eigenvalue weighted by Gasteiger charge is -2.24. The fourth-order valence-corrected chi connectivity index (χ4v) is 2.26. The van der Waals surface area contributed by atoms with E-state index in [0.717, 1.165) is 18.4 Å². The van der Waals surface area contributed by atoms with Gasteiger partial charge in [0.1, 0.15) is 0 Å². The van der Waals surface area contributed by atoms with E-state index in [1.165, 1.54) is 12.8 Å². The van der Waals surface area contributed by atoms with Crippen molar-refractivity contribution in [2.45, 2.75) is 51.0 Å². The van der Waals surface area contributed by atoms with E-state index in [1.54, 1.807) is 0 Å². The molecule has 1 fully saturated rings. The minimum Gasteiger partial charge on any atom is -0.272 e. The number of benzene rings is 1. The Kier molecular flexibility index (Phi) is 4.02. The molecular formula is C15H21NO2. The van der Waals surface area contributed by atoms with Crippen molar-refractivity contribution in [3.63, 3.8) is 0 Å². The Morgan fingerprint density at radius 1 is 1.22 bits per heavy atom. The van der Waals surface area contributed by atoms with Gasteiger partial charge in [0.2, 0.25) is 0 Å². The first-order chi connectivity index (χ1) is 8.60. The molecule has 0 saturated heterocycles. The van der Waals surface area contributed by atoms with Gasteiger partial charge in [0.05, 0.1) is 11.5 Å². The van der Waals surface area contributed by atoms with E-state index in [9.17, 15) is 4.79 Å². The number of carbonyl (C=O) groups excluding carboxylic acids is 1. The fraction of sp³-hybridized carbons (Fsp3) is 0.533. The second kappa shape index (κ2) is 5.53. The molecule has 0 bridgehead atoms. The molecule has 3 nitrogen and oxygen atoms in total. The van der Waals surface area contributed by atoms with Crippen LogP contribution in [0.3, 0.4) is 0 Å². The quantitative estimate of drug-likeness (QED) is 0.831. The van der Waals surface area contributed by atoms with E-state index >= 15 is 0 Å². The molecule has 2 rings (SSSR count). The molecule has 1 aromatic rings. The first-order valence-electron chi connectivity index (χ1n) is 6.62. The highest BCUT2D eigenvalue weighted by Crippen LogP contribution is 2.24. The van der Waals surface area contributed by atoms with Crippen LogP contribution in [-0.4, -0.2) is 12.0 Å². The predicted octanol–water partition coefficient (Wildman–Crippen LogP) is 2.95. The molecule has 18 heavy (non-hydrogen) atoms. The number of rotatable bonds is 4. The van der Waals surface area contributed by atoms with Gasteiger partial charge in [0.25, 0.3) is 5.91 Å². The molecule has 0 aliphatic heterocycles. The zero-order valence-electron chi connectivity index (χ0n) is 11.1. The highest BCUT2D eigenvalue weighted by atomic mass is 16.7. The summed E-state index contributed by atoms with van der Waals surface area (Å²) in [5.41, 5.74) is 3.05. The predicted molar refractivity (Wildman–Crippen MR) is 71.0 cm³/mol. The van der Waals surface area contributed by atoms with Crippen molar-refractivity contribution < 1.29 is 9.63 Å². The Balaban J connectivity index is 1.94. The number of amides is 1. The van der Waals surface area contributed by atoms with Crippen LogP contribution < -0.4 is 5.48 Å². The van der Waals surface area contributed by atoms with E-state index in [1.807, 2.05) is 44.2 Å². The summed E-state index contributed by atoms with van der Waals surface area (Å²) in [4.78, 5) is 17.7. The molecule has 3 heteroatoms.